The Hall–Kier alpha value is -3.97. The van der Waals surface area contributed by atoms with Crippen LogP contribution in [0.25, 0.3) is 11.3 Å². The molecule has 1 aliphatic heterocycles. The highest BCUT2D eigenvalue weighted by Crippen LogP contribution is 2.43. The van der Waals surface area contributed by atoms with E-state index in [2.05, 4.69) is 47.2 Å². The van der Waals surface area contributed by atoms with E-state index in [4.69, 9.17) is 21.4 Å². The summed E-state index contributed by atoms with van der Waals surface area (Å²) in [5.74, 6) is 1.09. The summed E-state index contributed by atoms with van der Waals surface area (Å²) in [5.41, 5.74) is 5.64. The molecule has 4 aromatic rings. The van der Waals surface area contributed by atoms with Crippen LogP contribution in [-0.4, -0.2) is 23.2 Å². The van der Waals surface area contributed by atoms with Crippen LogP contribution < -0.4 is 10.2 Å². The molecule has 2 aromatic heterocycles. The number of hydrogen-bond donors (Lipinski definition) is 1. The topological polar surface area (TPSA) is 67.6 Å². The van der Waals surface area contributed by atoms with Crippen LogP contribution in [-0.2, 0) is 4.74 Å². The Morgan fingerprint density at radius 2 is 1.83 bits per heavy atom. The Kier molecular flexibility index (Phi) is 6.09. The van der Waals surface area contributed by atoms with E-state index in [1.54, 1.807) is 18.3 Å². The molecule has 1 N–H and O–H groups in total. The third-order valence-electron chi connectivity index (χ3n) is 6.38. The predicted octanol–water partition coefficient (Wildman–Crippen LogP) is 5.92. The zero-order valence-electron chi connectivity index (χ0n) is 19.7. The van der Waals surface area contributed by atoms with Crippen LogP contribution in [0.2, 0.25) is 0 Å². The quantitative estimate of drug-likeness (QED) is 0.279. The molecule has 7 heteroatoms. The lowest BCUT2D eigenvalue weighted by atomic mass is 10.0. The largest absolute Gasteiger partial charge is 0.465 e. The van der Waals surface area contributed by atoms with E-state index in [1.165, 1.54) is 18.2 Å². The summed E-state index contributed by atoms with van der Waals surface area (Å²) in [4.78, 5) is 18.5. The molecule has 0 amide bonds. The molecule has 0 radical (unpaired) electrons. The van der Waals surface area contributed by atoms with Crippen molar-refractivity contribution in [3.63, 3.8) is 0 Å². The van der Waals surface area contributed by atoms with Crippen molar-refractivity contribution in [1.29, 1.82) is 0 Å². The number of benzene rings is 2. The molecule has 5 rings (SSSR count). The van der Waals surface area contributed by atoms with Crippen molar-refractivity contribution in [3.8, 4) is 11.3 Å². The lowest BCUT2D eigenvalue weighted by Gasteiger charge is -2.26. The lowest BCUT2D eigenvalue weighted by molar-refractivity contribution is 0.0600. The first-order chi connectivity index (χ1) is 17.0. The van der Waals surface area contributed by atoms with Gasteiger partial charge in [-0.3, -0.25) is 4.98 Å². The van der Waals surface area contributed by atoms with Crippen LogP contribution in [0.5, 0.6) is 0 Å². The highest BCUT2D eigenvalue weighted by molar-refractivity contribution is 7.80. The van der Waals surface area contributed by atoms with Crippen molar-refractivity contribution >= 4 is 29.0 Å². The minimum atomic E-state index is -0.371. The van der Waals surface area contributed by atoms with Crippen LogP contribution in [0, 0.1) is 13.8 Å². The average molecular weight is 484 g/mol. The molecule has 6 nitrogen and oxygen atoms in total. The molecule has 1 fully saturated rings. The average Bonchev–Trinajstić information content (AvgIpc) is 3.50. The molecule has 0 bridgehead atoms. The van der Waals surface area contributed by atoms with Gasteiger partial charge in [0.15, 0.2) is 5.11 Å². The van der Waals surface area contributed by atoms with Crippen LogP contribution in [0.15, 0.2) is 83.4 Å². The van der Waals surface area contributed by atoms with Crippen molar-refractivity contribution in [2.75, 3.05) is 12.0 Å². The minimum Gasteiger partial charge on any atom is -0.465 e. The van der Waals surface area contributed by atoms with Crippen molar-refractivity contribution in [1.82, 2.24) is 10.3 Å². The molecular formula is C28H25N3O3S. The number of rotatable bonds is 5. The standard InChI is InChI=1S/C28H25N3O3S/c1-17-7-12-21(16-18(17)2)31-26(25(30-28(31)35)22-6-4-5-15-29-22)24-14-13-23(34-24)19-8-10-20(11-9-19)27(32)33-3/h4-16,25-26H,1-3H3,(H,30,35)/t25-,26+/m0/s1. The Labute approximate surface area is 209 Å². The van der Waals surface area contributed by atoms with Crippen LogP contribution >= 0.6 is 12.2 Å². The maximum absolute atomic E-state index is 11.8. The van der Waals surface area contributed by atoms with Gasteiger partial charge in [0.2, 0.25) is 0 Å². The molecule has 0 spiro atoms. The van der Waals surface area contributed by atoms with Gasteiger partial charge in [0.25, 0.3) is 0 Å². The van der Waals surface area contributed by atoms with Gasteiger partial charge in [-0.1, -0.05) is 24.3 Å². The Bertz CT molecular complexity index is 1380. The summed E-state index contributed by atoms with van der Waals surface area (Å²) in [6.07, 6.45) is 1.78. The summed E-state index contributed by atoms with van der Waals surface area (Å²) in [6, 6.07) is 22.9. The number of ether oxygens (including phenoxy) is 1. The second-order valence-corrected chi connectivity index (χ2v) is 8.92. The maximum atomic E-state index is 11.8. The van der Waals surface area contributed by atoms with Gasteiger partial charge >= 0.3 is 5.97 Å². The Morgan fingerprint density at radius 3 is 2.51 bits per heavy atom. The number of aromatic nitrogens is 1. The van der Waals surface area contributed by atoms with Gasteiger partial charge in [-0.05, 0) is 85.7 Å². The van der Waals surface area contributed by atoms with E-state index in [-0.39, 0.29) is 18.1 Å². The highest BCUT2D eigenvalue weighted by Gasteiger charge is 2.42. The molecular weight excluding hydrogens is 458 g/mol. The molecule has 176 valence electrons. The number of carbonyl (C=O) groups excluding carboxylic acids is 1. The summed E-state index contributed by atoms with van der Waals surface area (Å²) in [7, 11) is 1.37. The summed E-state index contributed by atoms with van der Waals surface area (Å²) in [6.45, 7) is 4.19. The lowest BCUT2D eigenvalue weighted by Crippen LogP contribution is -2.29. The molecule has 35 heavy (non-hydrogen) atoms. The van der Waals surface area contributed by atoms with Crippen molar-refractivity contribution in [2.24, 2.45) is 0 Å². The molecule has 3 heterocycles. The van der Waals surface area contributed by atoms with Crippen LogP contribution in [0.1, 0.15) is 45.0 Å². The number of thiocarbonyl (C=S) groups is 1. The number of esters is 1. The van der Waals surface area contributed by atoms with Crippen molar-refractivity contribution < 1.29 is 13.9 Å². The van der Waals surface area contributed by atoms with Crippen molar-refractivity contribution in [3.05, 3.63) is 107 Å². The molecule has 0 aliphatic carbocycles. The predicted molar refractivity (Wildman–Crippen MR) is 139 cm³/mol. The molecule has 1 saturated heterocycles. The number of carbonyl (C=O) groups is 1. The highest BCUT2D eigenvalue weighted by atomic mass is 32.1. The number of methoxy groups -OCH3 is 1. The Balaban J connectivity index is 1.55. The molecule has 0 unspecified atom stereocenters. The minimum absolute atomic E-state index is 0.189. The fourth-order valence-electron chi connectivity index (χ4n) is 4.35. The smallest absolute Gasteiger partial charge is 0.337 e. The molecule has 0 saturated carbocycles. The first-order valence-electron chi connectivity index (χ1n) is 11.3. The second kappa shape index (κ2) is 9.35. The first kappa shape index (κ1) is 22.8. The van der Waals surface area contributed by atoms with Gasteiger partial charge in [0, 0.05) is 17.4 Å². The van der Waals surface area contributed by atoms with E-state index >= 15 is 0 Å². The SMILES string of the molecule is COC(=O)c1ccc(-c2ccc([C@@H]3[C@H](c4ccccn4)NC(=S)N3c3ccc(C)c(C)c3)o2)cc1. The van der Waals surface area contributed by atoms with E-state index in [0.29, 0.717) is 16.4 Å². The van der Waals surface area contributed by atoms with Gasteiger partial charge in [-0.25, -0.2) is 4.79 Å². The van der Waals surface area contributed by atoms with E-state index in [1.807, 2.05) is 42.5 Å². The van der Waals surface area contributed by atoms with Gasteiger partial charge in [0.1, 0.15) is 17.6 Å². The molecule has 2 aromatic carbocycles. The van der Waals surface area contributed by atoms with E-state index in [0.717, 1.165) is 22.7 Å². The molecule has 2 atom stereocenters. The summed E-state index contributed by atoms with van der Waals surface area (Å²) >= 11 is 5.80. The van der Waals surface area contributed by atoms with Gasteiger partial charge < -0.3 is 19.4 Å². The van der Waals surface area contributed by atoms with Gasteiger partial charge in [-0.2, -0.15) is 0 Å². The number of hydrogen-bond acceptors (Lipinski definition) is 5. The number of pyridine rings is 1. The third-order valence-corrected chi connectivity index (χ3v) is 6.69. The zero-order valence-corrected chi connectivity index (χ0v) is 20.5. The normalized spacial score (nSPS) is 17.3. The fourth-order valence-corrected chi connectivity index (χ4v) is 4.70. The van der Waals surface area contributed by atoms with E-state index < -0.39 is 0 Å². The molecule has 1 aliphatic rings. The first-order valence-corrected chi connectivity index (χ1v) is 11.7. The summed E-state index contributed by atoms with van der Waals surface area (Å²) < 4.78 is 11.2. The maximum Gasteiger partial charge on any atom is 0.337 e. The number of nitrogens with one attached hydrogen (secondary N) is 1. The zero-order chi connectivity index (χ0) is 24.5. The number of nitrogens with zero attached hydrogens (tertiary/aromatic N) is 2. The van der Waals surface area contributed by atoms with Gasteiger partial charge in [0.05, 0.1) is 24.4 Å². The van der Waals surface area contributed by atoms with E-state index in [9.17, 15) is 4.79 Å². The number of furan rings is 1. The van der Waals surface area contributed by atoms with Crippen molar-refractivity contribution in [2.45, 2.75) is 25.9 Å². The fraction of sp³-hybridized carbons (Fsp3) is 0.179. The third kappa shape index (κ3) is 4.31. The summed E-state index contributed by atoms with van der Waals surface area (Å²) in [5, 5.41) is 4.08. The second-order valence-electron chi connectivity index (χ2n) is 8.54. The Morgan fingerprint density at radius 1 is 1.03 bits per heavy atom. The van der Waals surface area contributed by atoms with Crippen LogP contribution in [0.3, 0.4) is 0 Å². The monoisotopic (exact) mass is 483 g/mol. The number of aryl methyl sites for hydroxylation is 2. The van der Waals surface area contributed by atoms with Gasteiger partial charge in [-0.15, -0.1) is 0 Å². The van der Waals surface area contributed by atoms with Crippen LogP contribution in [0.4, 0.5) is 5.69 Å². The number of anilines is 1.